The number of nitrogens with two attached hydrogens (primary N) is 1. The first-order valence-corrected chi connectivity index (χ1v) is 7.25. The van der Waals surface area contributed by atoms with E-state index in [-0.39, 0.29) is 17.9 Å². The van der Waals surface area contributed by atoms with Crippen LogP contribution in [-0.2, 0) is 16.0 Å². The second kappa shape index (κ2) is 5.62. The van der Waals surface area contributed by atoms with Gasteiger partial charge >= 0.3 is 5.97 Å². The molecule has 0 radical (unpaired) electrons. The molecule has 0 spiro atoms. The summed E-state index contributed by atoms with van der Waals surface area (Å²) in [6.07, 6.45) is 2.24. The largest absolute Gasteiger partial charge is 0.481 e. The van der Waals surface area contributed by atoms with Crippen molar-refractivity contribution in [2.75, 3.05) is 5.32 Å². The molecule has 2 rings (SSSR count). The molecule has 1 unspecified atom stereocenters. The molecule has 7 heteroatoms. The Labute approximate surface area is 120 Å². The van der Waals surface area contributed by atoms with Gasteiger partial charge in [0.15, 0.2) is 0 Å². The molecule has 0 fully saturated rings. The maximum absolute atomic E-state index is 11.7. The van der Waals surface area contributed by atoms with Crippen LogP contribution in [0, 0.1) is 0 Å². The number of hydrogen-bond donors (Lipinski definition) is 3. The van der Waals surface area contributed by atoms with Crippen LogP contribution in [0.5, 0.6) is 0 Å². The Hall–Kier alpha value is -1.89. The molecule has 108 valence electrons. The van der Waals surface area contributed by atoms with Crippen LogP contribution in [0.4, 0.5) is 5.00 Å². The number of carboxylic acids is 1. The summed E-state index contributed by atoms with van der Waals surface area (Å²) in [7, 11) is 0. The maximum atomic E-state index is 11.7. The second-order valence-corrected chi connectivity index (χ2v) is 5.80. The summed E-state index contributed by atoms with van der Waals surface area (Å²) in [5, 5.41) is 12.3. The fourth-order valence-electron chi connectivity index (χ4n) is 2.45. The molecule has 1 aromatic rings. The molecular formula is C13H16N2O4S. The van der Waals surface area contributed by atoms with Crippen molar-refractivity contribution >= 4 is 34.1 Å². The molecule has 2 amide bonds. The number of carbonyl (C=O) groups is 3. The quantitative estimate of drug-likeness (QED) is 0.785. The summed E-state index contributed by atoms with van der Waals surface area (Å²) in [5.41, 5.74) is 6.04. The van der Waals surface area contributed by atoms with E-state index in [1.807, 2.05) is 0 Å². The third-order valence-electron chi connectivity index (χ3n) is 3.39. The van der Waals surface area contributed by atoms with E-state index in [9.17, 15) is 19.5 Å². The first-order valence-electron chi connectivity index (χ1n) is 6.43. The van der Waals surface area contributed by atoms with Gasteiger partial charge in [0, 0.05) is 11.3 Å². The lowest BCUT2D eigenvalue weighted by Gasteiger charge is -2.19. The van der Waals surface area contributed by atoms with Crippen LogP contribution in [0.15, 0.2) is 0 Å². The highest BCUT2D eigenvalue weighted by Crippen LogP contribution is 2.43. The van der Waals surface area contributed by atoms with Crippen LogP contribution in [-0.4, -0.2) is 22.9 Å². The van der Waals surface area contributed by atoms with Gasteiger partial charge in [-0.2, -0.15) is 0 Å². The normalized spacial score (nSPS) is 17.4. The summed E-state index contributed by atoms with van der Waals surface area (Å²) in [6, 6.07) is 0. The fourth-order valence-corrected chi connectivity index (χ4v) is 3.78. The summed E-state index contributed by atoms with van der Waals surface area (Å²) in [5.74, 6) is -2.59. The van der Waals surface area contributed by atoms with Crippen molar-refractivity contribution in [3.63, 3.8) is 0 Å². The van der Waals surface area contributed by atoms with E-state index < -0.39 is 17.8 Å². The van der Waals surface area contributed by atoms with Crippen LogP contribution in [0.2, 0.25) is 0 Å². The molecule has 0 saturated carbocycles. The zero-order valence-electron chi connectivity index (χ0n) is 11.1. The molecule has 1 aromatic heterocycles. The summed E-state index contributed by atoms with van der Waals surface area (Å²) >= 11 is 1.26. The molecule has 1 heterocycles. The van der Waals surface area contributed by atoms with Gasteiger partial charge in [-0.1, -0.05) is 6.92 Å². The first-order chi connectivity index (χ1) is 9.45. The molecule has 0 saturated heterocycles. The van der Waals surface area contributed by atoms with Crippen molar-refractivity contribution in [1.29, 1.82) is 0 Å². The summed E-state index contributed by atoms with van der Waals surface area (Å²) < 4.78 is 0. The van der Waals surface area contributed by atoms with Crippen LogP contribution < -0.4 is 11.1 Å². The van der Waals surface area contributed by atoms with Crippen molar-refractivity contribution in [2.24, 2.45) is 5.73 Å². The minimum absolute atomic E-state index is 0.166. The monoisotopic (exact) mass is 296 g/mol. The fraction of sp³-hybridized carbons (Fsp3) is 0.462. The van der Waals surface area contributed by atoms with Crippen LogP contribution in [0.25, 0.3) is 0 Å². The Kier molecular flexibility index (Phi) is 4.08. The predicted molar refractivity (Wildman–Crippen MR) is 75.1 cm³/mol. The van der Waals surface area contributed by atoms with Crippen molar-refractivity contribution in [2.45, 2.75) is 38.5 Å². The second-order valence-electron chi connectivity index (χ2n) is 4.69. The molecule has 0 aromatic carbocycles. The first kappa shape index (κ1) is 14.5. The Morgan fingerprint density at radius 1 is 1.45 bits per heavy atom. The summed E-state index contributed by atoms with van der Waals surface area (Å²) in [4.78, 5) is 35.4. The highest BCUT2D eigenvalue weighted by molar-refractivity contribution is 7.17. The van der Waals surface area contributed by atoms with Gasteiger partial charge in [0.1, 0.15) is 5.00 Å². The van der Waals surface area contributed by atoms with Gasteiger partial charge in [-0.15, -0.1) is 11.3 Å². The van der Waals surface area contributed by atoms with E-state index in [1.54, 1.807) is 6.92 Å². The average Bonchev–Trinajstić information content (AvgIpc) is 2.75. The molecule has 1 atom stereocenters. The van der Waals surface area contributed by atoms with Crippen LogP contribution in [0.3, 0.4) is 0 Å². The number of primary amides is 1. The standard InChI is InChI=1S/C13H16N2O4S/c1-2-8(16)15-12-10(11(14)17)9-6(13(18)19)4-3-5-7(9)20-12/h6H,2-5H2,1H3,(H2,14,17)(H,15,16)(H,18,19). The third-order valence-corrected chi connectivity index (χ3v) is 4.57. The lowest BCUT2D eigenvalue weighted by Crippen LogP contribution is -2.23. The summed E-state index contributed by atoms with van der Waals surface area (Å²) in [6.45, 7) is 1.70. The average molecular weight is 296 g/mol. The minimum Gasteiger partial charge on any atom is -0.481 e. The lowest BCUT2D eigenvalue weighted by molar-refractivity contribution is -0.139. The minimum atomic E-state index is -0.959. The Morgan fingerprint density at radius 3 is 2.70 bits per heavy atom. The van der Waals surface area contributed by atoms with Crippen molar-refractivity contribution < 1.29 is 19.5 Å². The Balaban J connectivity index is 2.53. The molecule has 20 heavy (non-hydrogen) atoms. The smallest absolute Gasteiger partial charge is 0.311 e. The van der Waals surface area contributed by atoms with Gasteiger partial charge in [-0.05, 0) is 24.8 Å². The van der Waals surface area contributed by atoms with Crippen LogP contribution in [0.1, 0.15) is 52.9 Å². The molecule has 1 aliphatic carbocycles. The topological polar surface area (TPSA) is 109 Å². The van der Waals surface area contributed by atoms with Crippen molar-refractivity contribution in [3.8, 4) is 0 Å². The van der Waals surface area contributed by atoms with E-state index in [2.05, 4.69) is 5.32 Å². The molecular weight excluding hydrogens is 280 g/mol. The number of nitrogens with one attached hydrogen (secondary N) is 1. The maximum Gasteiger partial charge on any atom is 0.311 e. The molecule has 4 N–H and O–H groups in total. The number of anilines is 1. The number of thiophene rings is 1. The van der Waals surface area contributed by atoms with E-state index in [1.165, 1.54) is 11.3 Å². The van der Waals surface area contributed by atoms with Gasteiger partial charge in [-0.3, -0.25) is 14.4 Å². The number of carboxylic acid groups (broad SMARTS) is 1. The number of amides is 2. The Morgan fingerprint density at radius 2 is 2.15 bits per heavy atom. The Bertz CT molecular complexity index is 579. The van der Waals surface area contributed by atoms with Gasteiger partial charge in [-0.25, -0.2) is 0 Å². The molecule has 1 aliphatic rings. The molecule has 6 nitrogen and oxygen atoms in total. The lowest BCUT2D eigenvalue weighted by atomic mass is 9.85. The highest BCUT2D eigenvalue weighted by Gasteiger charge is 2.34. The number of rotatable bonds is 4. The number of aryl methyl sites for hydroxylation is 1. The van der Waals surface area contributed by atoms with Gasteiger partial charge in [0.2, 0.25) is 5.91 Å². The van der Waals surface area contributed by atoms with E-state index in [0.717, 1.165) is 11.3 Å². The van der Waals surface area contributed by atoms with E-state index in [0.29, 0.717) is 23.4 Å². The molecule has 0 aliphatic heterocycles. The number of fused-ring (bicyclic) bond motifs is 1. The third kappa shape index (κ3) is 2.53. The number of aliphatic carboxylic acids is 1. The van der Waals surface area contributed by atoms with Crippen molar-refractivity contribution in [3.05, 3.63) is 16.0 Å². The zero-order chi connectivity index (χ0) is 14.9. The SMILES string of the molecule is CCC(=O)Nc1sc2c(c1C(N)=O)C(C(=O)O)CCC2. The number of hydrogen-bond acceptors (Lipinski definition) is 4. The van der Waals surface area contributed by atoms with Crippen LogP contribution >= 0.6 is 11.3 Å². The highest BCUT2D eigenvalue weighted by atomic mass is 32.1. The van der Waals surface area contributed by atoms with E-state index >= 15 is 0 Å². The van der Waals surface area contributed by atoms with E-state index in [4.69, 9.17) is 5.73 Å². The van der Waals surface area contributed by atoms with Crippen molar-refractivity contribution in [1.82, 2.24) is 0 Å². The predicted octanol–water partition coefficient (Wildman–Crippen LogP) is 1.70. The van der Waals surface area contributed by atoms with Gasteiger partial charge < -0.3 is 16.2 Å². The molecule has 0 bridgehead atoms. The number of carbonyl (C=O) groups excluding carboxylic acids is 2. The van der Waals surface area contributed by atoms with Gasteiger partial charge in [0.05, 0.1) is 11.5 Å². The zero-order valence-corrected chi connectivity index (χ0v) is 11.9. The van der Waals surface area contributed by atoms with Gasteiger partial charge in [0.25, 0.3) is 5.91 Å².